The van der Waals surface area contributed by atoms with Gasteiger partial charge >= 0.3 is 0 Å². The predicted octanol–water partition coefficient (Wildman–Crippen LogP) is 4.08. The number of hydrogen-bond donors (Lipinski definition) is 1. The quantitative estimate of drug-likeness (QED) is 0.463. The van der Waals surface area contributed by atoms with Crippen LogP contribution in [-0.4, -0.2) is 41.1 Å². The Morgan fingerprint density at radius 3 is 1.54 bits per heavy atom. The Kier molecular flexibility index (Phi) is 7.96. The van der Waals surface area contributed by atoms with Crippen molar-refractivity contribution in [2.75, 3.05) is 26.2 Å². The monoisotopic (exact) mass is 324 g/mol. The van der Waals surface area contributed by atoms with Crippen LogP contribution >= 0.6 is 0 Å². The Morgan fingerprint density at radius 1 is 0.792 bits per heavy atom. The summed E-state index contributed by atoms with van der Waals surface area (Å²) in [5.74, 6) is 0.216. The summed E-state index contributed by atoms with van der Waals surface area (Å²) < 4.78 is 0. The van der Waals surface area contributed by atoms with E-state index < -0.39 is 5.66 Å². The van der Waals surface area contributed by atoms with Crippen LogP contribution in [0.1, 0.15) is 5.56 Å². The summed E-state index contributed by atoms with van der Waals surface area (Å²) in [6.45, 7) is 22.0. The van der Waals surface area contributed by atoms with E-state index in [2.05, 4.69) is 42.7 Å². The van der Waals surface area contributed by atoms with Crippen molar-refractivity contribution in [3.05, 3.63) is 93.1 Å². The fraction of sp³-hybridized carbons (Fsp3) is 0.238. The first-order chi connectivity index (χ1) is 11.6. The van der Waals surface area contributed by atoms with Gasteiger partial charge < -0.3 is 5.11 Å². The highest BCUT2D eigenvalue weighted by Crippen LogP contribution is 2.38. The molecule has 0 saturated carbocycles. The lowest BCUT2D eigenvalue weighted by atomic mass is 9.93. The Bertz CT molecular complexity index is 547. The molecule has 0 spiro atoms. The maximum absolute atomic E-state index is 10.5. The van der Waals surface area contributed by atoms with E-state index in [9.17, 15) is 5.11 Å². The molecule has 0 radical (unpaired) electrons. The third-order valence-electron chi connectivity index (χ3n) is 3.95. The van der Waals surface area contributed by atoms with E-state index >= 15 is 0 Å². The summed E-state index contributed by atoms with van der Waals surface area (Å²) >= 11 is 0. The van der Waals surface area contributed by atoms with Gasteiger partial charge in [-0.05, 0) is 6.07 Å². The average molecular weight is 324 g/mol. The standard InChI is InChI=1S/C21H28N2O/c1-6-15-22(16-7-2)21(10-5,23(17-8-3)18-9-4)19-13-11-12-14-20(19)24/h6-14,24H,1-5,15-18H2. The van der Waals surface area contributed by atoms with Crippen molar-refractivity contribution in [1.29, 1.82) is 0 Å². The number of aromatic hydroxyl groups is 1. The molecule has 1 rings (SSSR count). The molecule has 0 aliphatic carbocycles. The van der Waals surface area contributed by atoms with Gasteiger partial charge in [-0.1, -0.05) is 55.2 Å². The third-order valence-corrected chi connectivity index (χ3v) is 3.95. The van der Waals surface area contributed by atoms with E-state index in [4.69, 9.17) is 0 Å². The SMILES string of the molecule is C=CCN(CC=C)C(C=C)(c1ccccc1O)N(CC=C)CC=C. The van der Waals surface area contributed by atoms with E-state index in [1.165, 1.54) is 0 Å². The molecule has 1 N–H and O–H groups in total. The molecule has 1 aromatic carbocycles. The Hall–Kier alpha value is -2.36. The Labute approximate surface area is 146 Å². The van der Waals surface area contributed by atoms with Crippen LogP contribution in [0.2, 0.25) is 0 Å². The van der Waals surface area contributed by atoms with Crippen LogP contribution in [0, 0.1) is 0 Å². The number of rotatable bonds is 12. The third kappa shape index (κ3) is 3.94. The molecular formula is C21H28N2O. The van der Waals surface area contributed by atoms with Gasteiger partial charge in [-0.3, -0.25) is 9.80 Å². The van der Waals surface area contributed by atoms with Gasteiger partial charge in [0.2, 0.25) is 0 Å². The second-order valence-electron chi connectivity index (χ2n) is 5.41. The number of hydrogen-bond acceptors (Lipinski definition) is 3. The Morgan fingerprint density at radius 2 is 1.21 bits per heavy atom. The summed E-state index contributed by atoms with van der Waals surface area (Å²) in [6, 6.07) is 7.32. The molecule has 0 heterocycles. The maximum atomic E-state index is 10.5. The van der Waals surface area contributed by atoms with E-state index in [-0.39, 0.29) is 5.75 Å². The molecule has 0 fully saturated rings. The van der Waals surface area contributed by atoms with Crippen molar-refractivity contribution in [3.63, 3.8) is 0 Å². The topological polar surface area (TPSA) is 26.7 Å². The van der Waals surface area contributed by atoms with Gasteiger partial charge in [0.05, 0.1) is 0 Å². The lowest BCUT2D eigenvalue weighted by Gasteiger charge is -2.49. The zero-order chi connectivity index (χ0) is 18.0. The van der Waals surface area contributed by atoms with E-state index in [0.717, 1.165) is 5.56 Å². The summed E-state index contributed by atoms with van der Waals surface area (Å²) in [4.78, 5) is 4.31. The van der Waals surface area contributed by atoms with E-state index in [1.54, 1.807) is 6.07 Å². The fourth-order valence-corrected chi connectivity index (χ4v) is 3.02. The minimum atomic E-state index is -0.740. The minimum absolute atomic E-state index is 0.216. The van der Waals surface area contributed by atoms with Gasteiger partial charge in [0, 0.05) is 31.7 Å². The van der Waals surface area contributed by atoms with Crippen molar-refractivity contribution in [2.45, 2.75) is 5.66 Å². The smallest absolute Gasteiger partial charge is 0.124 e. The van der Waals surface area contributed by atoms with Gasteiger partial charge in [0.1, 0.15) is 11.4 Å². The van der Waals surface area contributed by atoms with E-state index in [0.29, 0.717) is 26.2 Å². The normalized spacial score (nSPS) is 11.2. The first-order valence-corrected chi connectivity index (χ1v) is 7.98. The minimum Gasteiger partial charge on any atom is -0.508 e. The number of phenolic OH excluding ortho intramolecular Hbond substituents is 1. The summed E-state index contributed by atoms with van der Waals surface area (Å²) in [5, 5.41) is 10.5. The average Bonchev–Trinajstić information content (AvgIpc) is 2.58. The van der Waals surface area contributed by atoms with Crippen molar-refractivity contribution in [3.8, 4) is 5.75 Å². The highest BCUT2D eigenvalue weighted by atomic mass is 16.3. The largest absolute Gasteiger partial charge is 0.508 e. The van der Waals surface area contributed by atoms with Crippen LogP contribution in [0.15, 0.2) is 87.5 Å². The van der Waals surface area contributed by atoms with E-state index in [1.807, 2.05) is 48.6 Å². The maximum Gasteiger partial charge on any atom is 0.124 e. The molecule has 3 nitrogen and oxygen atoms in total. The second-order valence-corrected chi connectivity index (χ2v) is 5.41. The zero-order valence-electron chi connectivity index (χ0n) is 14.4. The highest BCUT2D eigenvalue weighted by molar-refractivity contribution is 5.41. The van der Waals surface area contributed by atoms with Crippen LogP contribution < -0.4 is 0 Å². The molecule has 0 amide bonds. The molecule has 1 aromatic rings. The molecule has 0 aliphatic rings. The first-order valence-electron chi connectivity index (χ1n) is 7.98. The van der Waals surface area contributed by atoms with Gasteiger partial charge in [-0.2, -0.15) is 0 Å². The van der Waals surface area contributed by atoms with Crippen molar-refractivity contribution < 1.29 is 5.11 Å². The van der Waals surface area contributed by atoms with Crippen LogP contribution in [0.25, 0.3) is 0 Å². The molecule has 0 atom stereocenters. The van der Waals surface area contributed by atoms with Crippen LogP contribution in [0.4, 0.5) is 0 Å². The molecule has 0 aliphatic heterocycles. The number of nitrogens with zero attached hydrogens (tertiary/aromatic N) is 2. The second kappa shape index (κ2) is 9.71. The molecule has 3 heteroatoms. The summed E-state index contributed by atoms with van der Waals surface area (Å²) in [5.41, 5.74) is 0.0169. The van der Waals surface area contributed by atoms with Gasteiger partial charge in [0.25, 0.3) is 0 Å². The molecule has 24 heavy (non-hydrogen) atoms. The lowest BCUT2D eigenvalue weighted by molar-refractivity contribution is 0.000417. The molecule has 128 valence electrons. The number of phenols is 1. The molecule has 0 aromatic heterocycles. The first kappa shape index (κ1) is 19.7. The fourth-order valence-electron chi connectivity index (χ4n) is 3.02. The van der Waals surface area contributed by atoms with Crippen molar-refractivity contribution >= 4 is 0 Å². The predicted molar refractivity (Wildman–Crippen MR) is 104 cm³/mol. The number of benzene rings is 1. The van der Waals surface area contributed by atoms with Gasteiger partial charge in [-0.25, -0.2) is 0 Å². The zero-order valence-corrected chi connectivity index (χ0v) is 14.4. The molecule has 0 bridgehead atoms. The van der Waals surface area contributed by atoms with Crippen molar-refractivity contribution in [2.24, 2.45) is 0 Å². The van der Waals surface area contributed by atoms with Crippen molar-refractivity contribution in [1.82, 2.24) is 9.80 Å². The highest BCUT2D eigenvalue weighted by Gasteiger charge is 2.41. The summed E-state index contributed by atoms with van der Waals surface area (Å²) in [6.07, 6.45) is 9.19. The summed E-state index contributed by atoms with van der Waals surface area (Å²) in [7, 11) is 0. The lowest BCUT2D eigenvalue weighted by Crippen LogP contribution is -2.57. The molecule has 0 saturated heterocycles. The van der Waals surface area contributed by atoms with Crippen LogP contribution in [0.3, 0.4) is 0 Å². The Balaban J connectivity index is 3.67. The molecule has 0 unspecified atom stereocenters. The molecular weight excluding hydrogens is 296 g/mol. The van der Waals surface area contributed by atoms with Crippen LogP contribution in [0.5, 0.6) is 5.75 Å². The van der Waals surface area contributed by atoms with Gasteiger partial charge in [-0.15, -0.1) is 26.3 Å². The van der Waals surface area contributed by atoms with Crippen LogP contribution in [-0.2, 0) is 5.66 Å². The number of para-hydroxylation sites is 1. The van der Waals surface area contributed by atoms with Gasteiger partial charge in [0.15, 0.2) is 0 Å².